The van der Waals surface area contributed by atoms with Crippen LogP contribution in [0.25, 0.3) is 0 Å². The summed E-state index contributed by atoms with van der Waals surface area (Å²) in [4.78, 5) is 10.2. The van der Waals surface area contributed by atoms with E-state index in [4.69, 9.17) is 10.8 Å². The van der Waals surface area contributed by atoms with Crippen LogP contribution in [0.4, 0.5) is 0 Å². The smallest absolute Gasteiger partial charge is 1.00 e. The molecule has 0 bridgehead atoms. The fraction of sp³-hybridized carbons (Fsp3) is 0.833. The molecular formula is C6H19CaNO4. The van der Waals surface area contributed by atoms with Crippen LogP contribution in [-0.4, -0.2) is 65.8 Å². The summed E-state index contributed by atoms with van der Waals surface area (Å²) in [5.74, 6) is -0.841. The monoisotopic (exact) mass is 209 g/mol. The van der Waals surface area contributed by atoms with Gasteiger partial charge in [0.05, 0.1) is 0 Å². The Balaban J connectivity index is -0.0000000320. The van der Waals surface area contributed by atoms with Crippen molar-refractivity contribution in [2.24, 2.45) is 11.7 Å². The Bertz CT molecular complexity index is 120. The molecule has 12 heavy (non-hydrogen) atoms. The molecule has 74 valence electrons. The second-order valence-electron chi connectivity index (χ2n) is 2.25. The number of nitrogens with two attached hydrogens (primary N) is 1. The second kappa shape index (κ2) is 11.6. The van der Waals surface area contributed by atoms with Crippen molar-refractivity contribution in [2.45, 2.75) is 26.3 Å². The molecule has 7 N–H and O–H groups in total. The van der Waals surface area contributed by atoms with Gasteiger partial charge in [0.1, 0.15) is 6.04 Å². The van der Waals surface area contributed by atoms with E-state index in [0.29, 0.717) is 0 Å². The third-order valence-electron chi connectivity index (χ3n) is 1.54. The maximum atomic E-state index is 10.2. The average molecular weight is 209 g/mol. The number of hydrogen-bond donors (Lipinski definition) is 2. The van der Waals surface area contributed by atoms with Crippen molar-refractivity contribution in [3.8, 4) is 0 Å². The molecule has 0 amide bonds. The van der Waals surface area contributed by atoms with E-state index in [-0.39, 0.29) is 57.5 Å². The third-order valence-corrected chi connectivity index (χ3v) is 1.54. The summed E-state index contributed by atoms with van der Waals surface area (Å²) in [6.07, 6.45) is 0.813. The molecule has 0 heterocycles. The van der Waals surface area contributed by atoms with Crippen molar-refractivity contribution < 1.29 is 23.7 Å². The molecule has 6 heteroatoms. The van der Waals surface area contributed by atoms with E-state index < -0.39 is 12.0 Å². The zero-order valence-corrected chi connectivity index (χ0v) is 9.71. The van der Waals surface area contributed by atoms with Crippen molar-refractivity contribution in [1.82, 2.24) is 0 Å². The zero-order chi connectivity index (χ0) is 7.44. The molecule has 0 saturated carbocycles. The first-order valence-corrected chi connectivity index (χ1v) is 3.08. The van der Waals surface area contributed by atoms with Gasteiger partial charge in [-0.05, 0) is 5.92 Å². The molecule has 0 saturated heterocycles. The summed E-state index contributed by atoms with van der Waals surface area (Å²) >= 11 is 0. The summed E-state index contributed by atoms with van der Waals surface area (Å²) in [5, 5.41) is 8.36. The second-order valence-corrected chi connectivity index (χ2v) is 2.25. The predicted octanol–water partition coefficient (Wildman–Crippen LogP) is -1.36. The molecule has 0 unspecified atom stereocenters. The Labute approximate surface area is 105 Å². The van der Waals surface area contributed by atoms with Gasteiger partial charge in [-0.25, -0.2) is 0 Å². The van der Waals surface area contributed by atoms with E-state index in [2.05, 4.69) is 0 Å². The molecule has 0 spiro atoms. The minimum absolute atomic E-state index is 0. The first-order chi connectivity index (χ1) is 4.09. The Hall–Kier alpha value is 0.610. The maximum absolute atomic E-state index is 10.2. The first-order valence-electron chi connectivity index (χ1n) is 3.08. The van der Waals surface area contributed by atoms with Gasteiger partial charge >= 0.3 is 43.7 Å². The van der Waals surface area contributed by atoms with Crippen LogP contribution in [0.1, 0.15) is 23.1 Å². The van der Waals surface area contributed by atoms with Gasteiger partial charge < -0.3 is 24.6 Å². The van der Waals surface area contributed by atoms with Gasteiger partial charge in [-0.2, -0.15) is 0 Å². The van der Waals surface area contributed by atoms with Crippen LogP contribution in [0.2, 0.25) is 0 Å². The molecule has 0 aromatic heterocycles. The number of rotatable bonds is 3. The van der Waals surface area contributed by atoms with Crippen molar-refractivity contribution in [3.05, 3.63) is 0 Å². The van der Waals surface area contributed by atoms with Crippen LogP contribution in [0.5, 0.6) is 0 Å². The molecule has 0 rings (SSSR count). The zero-order valence-electron chi connectivity index (χ0n) is 9.50. The number of carbonyl (C=O) groups is 1. The van der Waals surface area contributed by atoms with Crippen LogP contribution in [0.15, 0.2) is 0 Å². The van der Waals surface area contributed by atoms with Gasteiger partial charge in [-0.1, -0.05) is 20.3 Å². The van der Waals surface area contributed by atoms with E-state index in [1.54, 1.807) is 0 Å². The Morgan fingerprint density at radius 2 is 1.92 bits per heavy atom. The summed E-state index contributed by atoms with van der Waals surface area (Å²) in [5.41, 5.74) is 5.27. The number of carboxylic acid groups (broad SMARTS) is 1. The van der Waals surface area contributed by atoms with Crippen LogP contribution < -0.4 is 5.73 Å². The Morgan fingerprint density at radius 1 is 1.58 bits per heavy atom. The number of hydrogen-bond acceptors (Lipinski definition) is 2. The number of aliphatic carboxylic acids is 1. The predicted molar refractivity (Wildman–Crippen MR) is 50.3 cm³/mol. The topological polar surface area (TPSA) is 126 Å². The molecule has 0 aliphatic carbocycles. The minimum Gasteiger partial charge on any atom is -1.00 e. The molecular weight excluding hydrogens is 190 g/mol. The van der Waals surface area contributed by atoms with E-state index in [1.807, 2.05) is 13.8 Å². The van der Waals surface area contributed by atoms with Gasteiger partial charge in [0.15, 0.2) is 0 Å². The average Bonchev–Trinajstić information content (AvgIpc) is 1.84. The molecule has 0 aliphatic heterocycles. The summed E-state index contributed by atoms with van der Waals surface area (Å²) in [6, 6.07) is -0.699. The molecule has 0 aliphatic rings. The molecule has 0 aromatic rings. The molecule has 5 nitrogen and oxygen atoms in total. The van der Waals surface area contributed by atoms with Crippen LogP contribution in [0.3, 0.4) is 0 Å². The van der Waals surface area contributed by atoms with Crippen molar-refractivity contribution in [3.63, 3.8) is 0 Å². The van der Waals surface area contributed by atoms with Crippen molar-refractivity contribution in [1.29, 1.82) is 0 Å². The summed E-state index contributed by atoms with van der Waals surface area (Å²) in [7, 11) is 0. The fourth-order valence-electron chi connectivity index (χ4n) is 0.497. The normalized spacial score (nSPS) is 12.6. The molecule has 0 aromatic carbocycles. The van der Waals surface area contributed by atoms with E-state index in [0.717, 1.165) is 6.42 Å². The van der Waals surface area contributed by atoms with Gasteiger partial charge in [-0.3, -0.25) is 4.79 Å². The summed E-state index contributed by atoms with van der Waals surface area (Å²) in [6.45, 7) is 3.76. The fourth-order valence-corrected chi connectivity index (χ4v) is 0.497. The standard InChI is InChI=1S/C6H13NO2.Ca.2H2O.2H/c1-3-4(2)5(7)6(8)9;;;;;/h4-5H,3,7H2,1-2H3,(H,8,9);;2*1H2;;/q;+2;;;2*-1/t4-,5-;;;;;/m0...../s1. The van der Waals surface area contributed by atoms with Gasteiger partial charge in [0.2, 0.25) is 0 Å². The van der Waals surface area contributed by atoms with Gasteiger partial charge in [0, 0.05) is 0 Å². The van der Waals surface area contributed by atoms with Gasteiger partial charge in [0.25, 0.3) is 0 Å². The van der Waals surface area contributed by atoms with E-state index in [1.165, 1.54) is 0 Å². The van der Waals surface area contributed by atoms with E-state index in [9.17, 15) is 4.79 Å². The Morgan fingerprint density at radius 3 is 2.00 bits per heavy atom. The third kappa shape index (κ3) is 8.70. The molecule has 2 atom stereocenters. The van der Waals surface area contributed by atoms with Crippen LogP contribution in [0, 0.1) is 5.92 Å². The molecule has 0 radical (unpaired) electrons. The van der Waals surface area contributed by atoms with Crippen molar-refractivity contribution >= 4 is 43.7 Å². The Kier molecular flexibility index (Phi) is 22.2. The van der Waals surface area contributed by atoms with Crippen molar-refractivity contribution in [2.75, 3.05) is 0 Å². The largest absolute Gasteiger partial charge is 2.00 e. The SMILES string of the molecule is CC[C@H](C)[C@H](N)C(=O)O.O.O.[Ca+2].[H-].[H-]. The minimum atomic E-state index is -0.913. The van der Waals surface area contributed by atoms with Crippen LogP contribution in [-0.2, 0) is 4.79 Å². The maximum Gasteiger partial charge on any atom is 2.00 e. The van der Waals surface area contributed by atoms with Gasteiger partial charge in [-0.15, -0.1) is 0 Å². The first kappa shape index (κ1) is 22.9. The van der Waals surface area contributed by atoms with Crippen LogP contribution >= 0.6 is 0 Å². The molecule has 0 fully saturated rings. The van der Waals surface area contributed by atoms with E-state index >= 15 is 0 Å². The summed E-state index contributed by atoms with van der Waals surface area (Å²) < 4.78 is 0. The quantitative estimate of drug-likeness (QED) is 0.557. The number of carboxylic acids is 1.